The molecule has 5 heteroatoms. The van der Waals surface area contributed by atoms with Crippen molar-refractivity contribution in [1.29, 1.82) is 0 Å². The first-order chi connectivity index (χ1) is 6.43. The van der Waals surface area contributed by atoms with Gasteiger partial charge in [0.05, 0.1) is 12.2 Å². The van der Waals surface area contributed by atoms with Gasteiger partial charge in [-0.15, -0.1) is 0 Å². The van der Waals surface area contributed by atoms with Gasteiger partial charge in [-0.25, -0.2) is 0 Å². The Kier molecular flexibility index (Phi) is 3.13. The average molecular weight is 194 g/mol. The summed E-state index contributed by atoms with van der Waals surface area (Å²) in [6.07, 6.45) is 0. The first-order valence-electron chi connectivity index (χ1n) is 4.48. The van der Waals surface area contributed by atoms with Crippen LogP contribution in [0.25, 0.3) is 0 Å². The van der Waals surface area contributed by atoms with Gasteiger partial charge in [0, 0.05) is 11.2 Å². The van der Waals surface area contributed by atoms with Gasteiger partial charge in [-0.3, -0.25) is 4.68 Å². The van der Waals surface area contributed by atoms with Crippen LogP contribution in [0.2, 0.25) is 0 Å². The van der Waals surface area contributed by atoms with Crippen molar-refractivity contribution < 1.29 is 10.0 Å². The number of hydrogen-bond acceptors (Lipinski definition) is 3. The molecule has 0 saturated heterocycles. The lowest BCUT2D eigenvalue weighted by atomic mass is 9.78. The molecule has 0 aliphatic rings. The van der Waals surface area contributed by atoms with Crippen molar-refractivity contribution >= 4 is 12.6 Å². The van der Waals surface area contributed by atoms with Gasteiger partial charge in [0.15, 0.2) is 0 Å². The molecular weight excluding hydrogens is 179 g/mol. The van der Waals surface area contributed by atoms with E-state index < -0.39 is 7.12 Å². The Hall–Kier alpha value is -1.07. The summed E-state index contributed by atoms with van der Waals surface area (Å²) >= 11 is 0. The van der Waals surface area contributed by atoms with Gasteiger partial charge in [-0.05, 0) is 20.8 Å². The number of aryl methyl sites for hydroxylation is 1. The third kappa shape index (κ3) is 2.05. The first-order valence-corrected chi connectivity index (χ1v) is 4.48. The smallest absolute Gasteiger partial charge is 0.423 e. The largest absolute Gasteiger partial charge is 0.492 e. The van der Waals surface area contributed by atoms with Crippen LogP contribution in [0.4, 0.5) is 0 Å². The molecule has 1 rings (SSSR count). The van der Waals surface area contributed by atoms with Crippen LogP contribution in [0.1, 0.15) is 18.3 Å². The molecule has 0 spiro atoms. The second kappa shape index (κ2) is 3.98. The van der Waals surface area contributed by atoms with Crippen molar-refractivity contribution in [3.05, 3.63) is 23.5 Å². The van der Waals surface area contributed by atoms with Crippen LogP contribution in [-0.2, 0) is 6.54 Å². The minimum atomic E-state index is -1.45. The second-order valence-corrected chi connectivity index (χ2v) is 3.57. The van der Waals surface area contributed by atoms with Crippen LogP contribution in [0.15, 0.2) is 12.2 Å². The molecule has 4 nitrogen and oxygen atoms in total. The average Bonchev–Trinajstić information content (AvgIpc) is 2.25. The predicted octanol–water partition coefficient (Wildman–Crippen LogP) is -0.244. The zero-order valence-electron chi connectivity index (χ0n) is 8.78. The van der Waals surface area contributed by atoms with Crippen LogP contribution in [0.5, 0.6) is 0 Å². The summed E-state index contributed by atoms with van der Waals surface area (Å²) in [6.45, 7) is 9.89. The lowest BCUT2D eigenvalue weighted by Crippen LogP contribution is -2.33. The molecule has 1 aromatic rings. The summed E-state index contributed by atoms with van der Waals surface area (Å²) in [5.74, 6) is 0. The van der Waals surface area contributed by atoms with E-state index >= 15 is 0 Å². The summed E-state index contributed by atoms with van der Waals surface area (Å²) < 4.78 is 1.73. The molecule has 0 aliphatic carbocycles. The summed E-state index contributed by atoms with van der Waals surface area (Å²) in [5.41, 5.74) is 2.90. The van der Waals surface area contributed by atoms with E-state index in [1.807, 2.05) is 13.8 Å². The zero-order chi connectivity index (χ0) is 10.9. The molecule has 0 atom stereocenters. The topological polar surface area (TPSA) is 58.3 Å². The Morgan fingerprint density at radius 2 is 2.07 bits per heavy atom. The van der Waals surface area contributed by atoms with Crippen molar-refractivity contribution in [1.82, 2.24) is 9.78 Å². The van der Waals surface area contributed by atoms with Crippen LogP contribution in [0, 0.1) is 13.8 Å². The van der Waals surface area contributed by atoms with Gasteiger partial charge < -0.3 is 10.0 Å². The summed E-state index contributed by atoms with van der Waals surface area (Å²) in [7, 11) is -1.45. The maximum Gasteiger partial charge on any atom is 0.492 e. The third-order valence-electron chi connectivity index (χ3n) is 2.12. The highest BCUT2D eigenvalue weighted by Gasteiger charge is 2.21. The molecule has 14 heavy (non-hydrogen) atoms. The standard InChI is InChI=1S/C9H15BN2O2/c1-6(2)5-12-8(4)9(10(13)14)7(3)11-12/h13-14H,1,5H2,2-4H3. The molecule has 0 fully saturated rings. The van der Waals surface area contributed by atoms with E-state index in [1.165, 1.54) is 0 Å². The third-order valence-corrected chi connectivity index (χ3v) is 2.12. The number of nitrogens with zero attached hydrogens (tertiary/aromatic N) is 2. The fourth-order valence-corrected chi connectivity index (χ4v) is 1.49. The molecule has 2 N–H and O–H groups in total. The van der Waals surface area contributed by atoms with Crippen molar-refractivity contribution in [2.24, 2.45) is 0 Å². The molecule has 0 aromatic carbocycles. The molecule has 0 unspecified atom stereocenters. The highest BCUT2D eigenvalue weighted by atomic mass is 16.4. The lowest BCUT2D eigenvalue weighted by molar-refractivity contribution is 0.425. The quantitative estimate of drug-likeness (QED) is 0.515. The van der Waals surface area contributed by atoms with Crippen LogP contribution < -0.4 is 5.46 Å². The van der Waals surface area contributed by atoms with Crippen molar-refractivity contribution in [3.8, 4) is 0 Å². The van der Waals surface area contributed by atoms with E-state index in [0.717, 1.165) is 11.3 Å². The Morgan fingerprint density at radius 3 is 2.43 bits per heavy atom. The van der Waals surface area contributed by atoms with Gasteiger partial charge in [0.25, 0.3) is 0 Å². The Morgan fingerprint density at radius 1 is 1.50 bits per heavy atom. The van der Waals surface area contributed by atoms with E-state index in [9.17, 15) is 0 Å². The van der Waals surface area contributed by atoms with E-state index in [4.69, 9.17) is 10.0 Å². The normalized spacial score (nSPS) is 10.4. The molecular formula is C9H15BN2O2. The highest BCUT2D eigenvalue weighted by molar-refractivity contribution is 6.59. The van der Waals surface area contributed by atoms with Gasteiger partial charge >= 0.3 is 7.12 Å². The van der Waals surface area contributed by atoms with E-state index in [0.29, 0.717) is 17.7 Å². The van der Waals surface area contributed by atoms with Crippen molar-refractivity contribution in [3.63, 3.8) is 0 Å². The fraction of sp³-hybridized carbons (Fsp3) is 0.444. The van der Waals surface area contributed by atoms with Crippen LogP contribution in [0.3, 0.4) is 0 Å². The Bertz CT molecular complexity index is 358. The summed E-state index contributed by atoms with van der Waals surface area (Å²) in [6, 6.07) is 0. The molecule has 0 saturated carbocycles. The maximum absolute atomic E-state index is 9.11. The zero-order valence-corrected chi connectivity index (χ0v) is 8.78. The molecule has 0 bridgehead atoms. The van der Waals surface area contributed by atoms with Gasteiger partial charge in [-0.1, -0.05) is 12.2 Å². The number of allylic oxidation sites excluding steroid dienone is 1. The monoisotopic (exact) mass is 194 g/mol. The van der Waals surface area contributed by atoms with Crippen LogP contribution in [-0.4, -0.2) is 26.9 Å². The first kappa shape index (κ1) is 11.0. The van der Waals surface area contributed by atoms with Crippen LogP contribution >= 0.6 is 0 Å². The molecule has 0 amide bonds. The highest BCUT2D eigenvalue weighted by Crippen LogP contribution is 2.03. The van der Waals surface area contributed by atoms with Gasteiger partial charge in [-0.2, -0.15) is 5.10 Å². The number of hydrogen-bond donors (Lipinski definition) is 2. The molecule has 0 aliphatic heterocycles. The van der Waals surface area contributed by atoms with Crippen molar-refractivity contribution in [2.45, 2.75) is 27.3 Å². The van der Waals surface area contributed by atoms with Gasteiger partial charge in [0.2, 0.25) is 0 Å². The molecule has 76 valence electrons. The second-order valence-electron chi connectivity index (χ2n) is 3.57. The van der Waals surface area contributed by atoms with E-state index in [1.54, 1.807) is 11.6 Å². The van der Waals surface area contributed by atoms with E-state index in [2.05, 4.69) is 11.7 Å². The molecule has 0 radical (unpaired) electrons. The molecule has 1 aromatic heterocycles. The number of rotatable bonds is 3. The molecule has 1 heterocycles. The predicted molar refractivity (Wildman–Crippen MR) is 56.3 cm³/mol. The number of aromatic nitrogens is 2. The minimum Gasteiger partial charge on any atom is -0.423 e. The Labute approximate surface area is 84.0 Å². The van der Waals surface area contributed by atoms with Crippen molar-refractivity contribution in [2.75, 3.05) is 0 Å². The maximum atomic E-state index is 9.11. The van der Waals surface area contributed by atoms with E-state index in [-0.39, 0.29) is 0 Å². The minimum absolute atomic E-state index is 0.492. The SMILES string of the molecule is C=C(C)Cn1nc(C)c(B(O)O)c1C. The fourth-order valence-electron chi connectivity index (χ4n) is 1.49. The van der Waals surface area contributed by atoms with Gasteiger partial charge in [0.1, 0.15) is 0 Å². The summed E-state index contributed by atoms with van der Waals surface area (Å²) in [5, 5.41) is 22.4. The summed E-state index contributed by atoms with van der Waals surface area (Å²) in [4.78, 5) is 0. The lowest BCUT2D eigenvalue weighted by Gasteiger charge is -2.04. The Balaban J connectivity index is 3.10.